The first-order valence-electron chi connectivity index (χ1n) is 8.69. The molecule has 1 atom stereocenters. The molecule has 2 N–H and O–H groups in total. The van der Waals surface area contributed by atoms with Gasteiger partial charge in [0.15, 0.2) is 0 Å². The van der Waals surface area contributed by atoms with E-state index < -0.39 is 10.0 Å². The van der Waals surface area contributed by atoms with Crippen molar-refractivity contribution in [1.82, 2.24) is 5.32 Å². The zero-order valence-corrected chi connectivity index (χ0v) is 17.0. The van der Waals surface area contributed by atoms with Crippen LogP contribution in [-0.4, -0.2) is 14.3 Å². The Balaban J connectivity index is 1.67. The molecule has 1 unspecified atom stereocenters. The van der Waals surface area contributed by atoms with Crippen LogP contribution in [0.5, 0.6) is 0 Å². The highest BCUT2D eigenvalue weighted by atomic mass is 35.5. The molecule has 0 radical (unpaired) electrons. The maximum atomic E-state index is 13.0. The summed E-state index contributed by atoms with van der Waals surface area (Å²) in [5.41, 5.74) is 1.46. The number of anilines is 1. The van der Waals surface area contributed by atoms with Crippen LogP contribution in [0.15, 0.2) is 77.7 Å². The molecule has 3 aromatic carbocycles. The summed E-state index contributed by atoms with van der Waals surface area (Å²) < 4.78 is 40.3. The summed E-state index contributed by atoms with van der Waals surface area (Å²) in [5.74, 6) is -0.669. The fourth-order valence-electron chi connectivity index (χ4n) is 2.63. The highest BCUT2D eigenvalue weighted by molar-refractivity contribution is 7.92. The van der Waals surface area contributed by atoms with Gasteiger partial charge in [-0.15, -0.1) is 0 Å². The van der Waals surface area contributed by atoms with E-state index in [1.807, 2.05) is 0 Å². The molecular formula is C21H18ClFN2O3S. The number of carbonyl (C=O) groups is 1. The van der Waals surface area contributed by atoms with Crippen LogP contribution in [0.2, 0.25) is 5.02 Å². The maximum absolute atomic E-state index is 13.0. The standard InChI is InChI=1S/C21H18ClFN2O3S/c1-14(15-2-8-18(23)9-3-15)24-21(26)16-4-10-19(11-5-16)25-29(27,28)20-12-6-17(22)7-13-20/h2-14,25H,1H3,(H,24,26). The summed E-state index contributed by atoms with van der Waals surface area (Å²) in [4.78, 5) is 12.5. The third-order valence-corrected chi connectivity index (χ3v) is 5.89. The lowest BCUT2D eigenvalue weighted by atomic mass is 10.1. The van der Waals surface area contributed by atoms with E-state index >= 15 is 0 Å². The van der Waals surface area contributed by atoms with Crippen LogP contribution in [0.4, 0.5) is 10.1 Å². The van der Waals surface area contributed by atoms with Crippen molar-refractivity contribution < 1.29 is 17.6 Å². The zero-order chi connectivity index (χ0) is 21.0. The molecule has 0 saturated heterocycles. The van der Waals surface area contributed by atoms with Gasteiger partial charge in [-0.1, -0.05) is 23.7 Å². The zero-order valence-electron chi connectivity index (χ0n) is 15.4. The van der Waals surface area contributed by atoms with Crippen LogP contribution >= 0.6 is 11.6 Å². The fraction of sp³-hybridized carbons (Fsp3) is 0.0952. The molecule has 0 spiro atoms. The van der Waals surface area contributed by atoms with Crippen LogP contribution in [-0.2, 0) is 10.0 Å². The average Bonchev–Trinajstić information content (AvgIpc) is 2.69. The van der Waals surface area contributed by atoms with Gasteiger partial charge in [0.2, 0.25) is 0 Å². The lowest BCUT2D eigenvalue weighted by Crippen LogP contribution is -2.26. The third-order valence-electron chi connectivity index (χ3n) is 4.24. The molecule has 0 aliphatic rings. The summed E-state index contributed by atoms with van der Waals surface area (Å²) >= 11 is 5.78. The minimum Gasteiger partial charge on any atom is -0.346 e. The summed E-state index contributed by atoms with van der Waals surface area (Å²) in [6, 6.07) is 17.4. The first kappa shape index (κ1) is 20.8. The predicted octanol–water partition coefficient (Wildman–Crippen LogP) is 4.77. The topological polar surface area (TPSA) is 75.3 Å². The molecular weight excluding hydrogens is 415 g/mol. The molecule has 0 bridgehead atoms. The van der Waals surface area contributed by atoms with E-state index in [1.165, 1.54) is 60.7 Å². The number of halogens is 2. The van der Waals surface area contributed by atoms with Crippen LogP contribution in [0.3, 0.4) is 0 Å². The number of sulfonamides is 1. The number of hydrogen-bond acceptors (Lipinski definition) is 3. The molecule has 3 aromatic rings. The van der Waals surface area contributed by atoms with Gasteiger partial charge in [-0.05, 0) is 73.2 Å². The summed E-state index contributed by atoms with van der Waals surface area (Å²) in [6.07, 6.45) is 0. The Kier molecular flexibility index (Phi) is 6.20. The van der Waals surface area contributed by atoms with Crippen LogP contribution < -0.4 is 10.0 Å². The highest BCUT2D eigenvalue weighted by Crippen LogP contribution is 2.19. The lowest BCUT2D eigenvalue weighted by molar-refractivity contribution is 0.0940. The van der Waals surface area contributed by atoms with Gasteiger partial charge in [0.05, 0.1) is 10.9 Å². The average molecular weight is 433 g/mol. The second-order valence-electron chi connectivity index (χ2n) is 6.38. The van der Waals surface area contributed by atoms with Crippen molar-refractivity contribution in [3.8, 4) is 0 Å². The SMILES string of the molecule is CC(NC(=O)c1ccc(NS(=O)(=O)c2ccc(Cl)cc2)cc1)c1ccc(F)cc1. The third kappa shape index (κ3) is 5.34. The van der Waals surface area contributed by atoms with Crippen molar-refractivity contribution in [3.63, 3.8) is 0 Å². The Morgan fingerprint density at radius 3 is 2.10 bits per heavy atom. The number of nitrogens with one attached hydrogen (secondary N) is 2. The van der Waals surface area contributed by atoms with Crippen LogP contribution in [0, 0.1) is 5.82 Å². The number of amides is 1. The van der Waals surface area contributed by atoms with Gasteiger partial charge in [0, 0.05) is 16.3 Å². The normalized spacial score (nSPS) is 12.2. The van der Waals surface area contributed by atoms with Crippen molar-refractivity contribution in [2.24, 2.45) is 0 Å². The monoisotopic (exact) mass is 432 g/mol. The van der Waals surface area contributed by atoms with Gasteiger partial charge in [0.1, 0.15) is 5.82 Å². The number of benzene rings is 3. The van der Waals surface area contributed by atoms with Gasteiger partial charge < -0.3 is 5.32 Å². The summed E-state index contributed by atoms with van der Waals surface area (Å²) in [5, 5.41) is 3.26. The summed E-state index contributed by atoms with van der Waals surface area (Å²) in [6.45, 7) is 1.79. The van der Waals surface area contributed by atoms with Gasteiger partial charge in [-0.2, -0.15) is 0 Å². The van der Waals surface area contributed by atoms with Crippen molar-refractivity contribution in [2.45, 2.75) is 17.9 Å². The molecule has 0 aliphatic carbocycles. The van der Waals surface area contributed by atoms with Gasteiger partial charge in [0.25, 0.3) is 15.9 Å². The first-order chi connectivity index (χ1) is 13.7. The van der Waals surface area contributed by atoms with E-state index in [-0.39, 0.29) is 22.7 Å². The number of carbonyl (C=O) groups excluding carboxylic acids is 1. The Morgan fingerprint density at radius 2 is 1.52 bits per heavy atom. The maximum Gasteiger partial charge on any atom is 0.261 e. The largest absolute Gasteiger partial charge is 0.346 e. The molecule has 5 nitrogen and oxygen atoms in total. The quantitative estimate of drug-likeness (QED) is 0.589. The number of rotatable bonds is 6. The molecule has 0 saturated carbocycles. The highest BCUT2D eigenvalue weighted by Gasteiger charge is 2.15. The molecule has 0 aliphatic heterocycles. The molecule has 1 amide bonds. The van der Waals surface area contributed by atoms with E-state index in [1.54, 1.807) is 19.1 Å². The van der Waals surface area contributed by atoms with Crippen molar-refractivity contribution in [2.75, 3.05) is 4.72 Å². The van der Waals surface area contributed by atoms with Crippen LogP contribution in [0.1, 0.15) is 28.9 Å². The molecule has 150 valence electrons. The van der Waals surface area contributed by atoms with Crippen molar-refractivity contribution >= 4 is 33.2 Å². The Bertz CT molecular complexity index is 1100. The molecule has 3 rings (SSSR count). The first-order valence-corrected chi connectivity index (χ1v) is 10.6. The predicted molar refractivity (Wildman–Crippen MR) is 111 cm³/mol. The fourth-order valence-corrected chi connectivity index (χ4v) is 3.82. The van der Waals surface area contributed by atoms with Crippen LogP contribution in [0.25, 0.3) is 0 Å². The lowest BCUT2D eigenvalue weighted by Gasteiger charge is -2.15. The van der Waals surface area contributed by atoms with E-state index in [4.69, 9.17) is 11.6 Å². The Labute approximate surface area is 173 Å². The van der Waals surface area contributed by atoms with E-state index in [2.05, 4.69) is 10.0 Å². The van der Waals surface area contributed by atoms with Gasteiger partial charge >= 0.3 is 0 Å². The molecule has 0 fully saturated rings. The van der Waals surface area contributed by atoms with Gasteiger partial charge in [-0.3, -0.25) is 9.52 Å². The minimum atomic E-state index is -3.76. The molecule has 0 heterocycles. The molecule has 8 heteroatoms. The second-order valence-corrected chi connectivity index (χ2v) is 8.50. The smallest absolute Gasteiger partial charge is 0.261 e. The second kappa shape index (κ2) is 8.63. The van der Waals surface area contributed by atoms with Crippen molar-refractivity contribution in [3.05, 3.63) is 94.8 Å². The summed E-state index contributed by atoms with van der Waals surface area (Å²) in [7, 11) is -3.76. The van der Waals surface area contributed by atoms with E-state index in [0.29, 0.717) is 16.3 Å². The van der Waals surface area contributed by atoms with Gasteiger partial charge in [-0.25, -0.2) is 12.8 Å². The molecule has 29 heavy (non-hydrogen) atoms. The Hall–Kier alpha value is -2.90. The molecule has 0 aromatic heterocycles. The van der Waals surface area contributed by atoms with E-state index in [9.17, 15) is 17.6 Å². The Morgan fingerprint density at radius 1 is 0.931 bits per heavy atom. The van der Waals surface area contributed by atoms with E-state index in [0.717, 1.165) is 5.56 Å². The number of hydrogen-bond donors (Lipinski definition) is 2. The van der Waals surface area contributed by atoms with Crippen molar-refractivity contribution in [1.29, 1.82) is 0 Å². The minimum absolute atomic E-state index is 0.0804.